The lowest BCUT2D eigenvalue weighted by molar-refractivity contribution is 0.215. The second kappa shape index (κ2) is 9.89. The first-order chi connectivity index (χ1) is 16.1. The summed E-state index contributed by atoms with van der Waals surface area (Å²) in [6, 6.07) is 23.8. The lowest BCUT2D eigenvalue weighted by atomic mass is 10.00. The van der Waals surface area contributed by atoms with Crippen molar-refractivity contribution < 1.29 is 0 Å². The van der Waals surface area contributed by atoms with E-state index < -0.39 is 0 Å². The van der Waals surface area contributed by atoms with E-state index in [9.17, 15) is 0 Å². The largest absolute Gasteiger partial charge is 0.361 e. The van der Waals surface area contributed by atoms with Gasteiger partial charge in [-0.05, 0) is 66.3 Å². The van der Waals surface area contributed by atoms with E-state index in [4.69, 9.17) is 23.2 Å². The Morgan fingerprint density at radius 2 is 1.73 bits per heavy atom. The van der Waals surface area contributed by atoms with Crippen molar-refractivity contribution in [2.24, 2.45) is 4.99 Å². The number of aryl methyl sites for hydroxylation is 1. The van der Waals surface area contributed by atoms with Crippen LogP contribution < -0.4 is 4.90 Å². The van der Waals surface area contributed by atoms with Crippen LogP contribution in [-0.2, 0) is 6.54 Å². The van der Waals surface area contributed by atoms with E-state index in [1.807, 2.05) is 12.1 Å². The van der Waals surface area contributed by atoms with Crippen molar-refractivity contribution in [2.75, 3.05) is 31.1 Å². The van der Waals surface area contributed by atoms with Crippen LogP contribution in [0, 0.1) is 6.92 Å². The Labute approximate surface area is 206 Å². The molecule has 3 aromatic rings. The molecule has 0 bridgehead atoms. The quantitative estimate of drug-likeness (QED) is 0.395. The second-order valence-corrected chi connectivity index (χ2v) is 9.92. The number of hydrogen-bond acceptors (Lipinski definition) is 3. The number of aliphatic imine (C=N–C) groups is 1. The molecule has 5 heteroatoms. The van der Waals surface area contributed by atoms with Crippen LogP contribution in [-0.4, -0.2) is 36.8 Å². The van der Waals surface area contributed by atoms with Crippen LogP contribution in [0.4, 0.5) is 5.69 Å². The zero-order valence-electron chi connectivity index (χ0n) is 19.0. The standard InChI is InChI=1S/C28H29Cl2N3/c1-20-4-13-27(25(30)17-20)33-16-15-32(19-28(33)23-9-11-24(29)12-10-23)18-21-5-7-22(8-6-21)26-3-2-14-31-26/h4-13,17,28H,2-3,14-16,18-19H2,1H3/t28-/m0/s1. The first-order valence-corrected chi connectivity index (χ1v) is 12.5. The molecule has 0 amide bonds. The molecule has 0 aliphatic carbocycles. The number of nitrogens with zero attached hydrogens (tertiary/aromatic N) is 3. The Bertz CT molecular complexity index is 1140. The third-order valence-corrected chi connectivity index (χ3v) is 7.25. The fraction of sp³-hybridized carbons (Fsp3) is 0.321. The van der Waals surface area contributed by atoms with Crippen molar-refractivity contribution in [1.29, 1.82) is 0 Å². The van der Waals surface area contributed by atoms with Crippen molar-refractivity contribution in [3.05, 3.63) is 99.0 Å². The Hall–Kier alpha value is -2.33. The predicted molar refractivity (Wildman–Crippen MR) is 140 cm³/mol. The van der Waals surface area contributed by atoms with Gasteiger partial charge in [-0.1, -0.05) is 65.7 Å². The first-order valence-electron chi connectivity index (χ1n) is 11.7. The van der Waals surface area contributed by atoms with Gasteiger partial charge in [-0.25, -0.2) is 0 Å². The number of benzene rings is 3. The maximum Gasteiger partial charge on any atom is 0.0670 e. The van der Waals surface area contributed by atoms with Gasteiger partial charge >= 0.3 is 0 Å². The summed E-state index contributed by atoms with van der Waals surface area (Å²) in [7, 11) is 0. The third kappa shape index (κ3) is 5.11. The van der Waals surface area contributed by atoms with Crippen LogP contribution in [0.2, 0.25) is 10.0 Å². The Kier molecular flexibility index (Phi) is 6.73. The molecule has 0 radical (unpaired) electrons. The van der Waals surface area contributed by atoms with Crippen LogP contribution in [0.25, 0.3) is 0 Å². The molecule has 0 saturated carbocycles. The Morgan fingerprint density at radius 3 is 2.42 bits per heavy atom. The minimum Gasteiger partial charge on any atom is -0.361 e. The second-order valence-electron chi connectivity index (χ2n) is 9.08. The number of hydrogen-bond donors (Lipinski definition) is 0. The van der Waals surface area contributed by atoms with Gasteiger partial charge in [-0.2, -0.15) is 0 Å². The molecule has 1 atom stereocenters. The van der Waals surface area contributed by atoms with Gasteiger partial charge in [0.25, 0.3) is 0 Å². The maximum atomic E-state index is 6.69. The fourth-order valence-electron chi connectivity index (χ4n) is 4.92. The highest BCUT2D eigenvalue weighted by Gasteiger charge is 2.29. The smallest absolute Gasteiger partial charge is 0.0670 e. The molecule has 2 heterocycles. The first kappa shape index (κ1) is 22.5. The van der Waals surface area contributed by atoms with Gasteiger partial charge in [0.1, 0.15) is 0 Å². The summed E-state index contributed by atoms with van der Waals surface area (Å²) in [5, 5.41) is 1.58. The molecule has 33 heavy (non-hydrogen) atoms. The lowest BCUT2D eigenvalue weighted by Gasteiger charge is -2.43. The van der Waals surface area contributed by atoms with E-state index in [1.54, 1.807) is 0 Å². The topological polar surface area (TPSA) is 18.8 Å². The molecule has 2 aliphatic heterocycles. The van der Waals surface area contributed by atoms with Gasteiger partial charge in [0.05, 0.1) is 16.8 Å². The molecule has 0 aromatic heterocycles. The van der Waals surface area contributed by atoms with Crippen molar-refractivity contribution >= 4 is 34.6 Å². The van der Waals surface area contributed by atoms with E-state index in [0.717, 1.165) is 54.9 Å². The normalized spacial score (nSPS) is 19.1. The summed E-state index contributed by atoms with van der Waals surface area (Å²) in [4.78, 5) is 9.62. The van der Waals surface area contributed by atoms with E-state index in [1.165, 1.54) is 34.4 Å². The molecule has 0 spiro atoms. The number of piperazine rings is 1. The molecule has 0 unspecified atom stereocenters. The summed E-state index contributed by atoms with van der Waals surface area (Å²) in [5.41, 5.74) is 7.41. The molecule has 1 saturated heterocycles. The van der Waals surface area contributed by atoms with E-state index in [0.29, 0.717) is 0 Å². The highest BCUT2D eigenvalue weighted by molar-refractivity contribution is 6.33. The molecule has 1 fully saturated rings. The molecule has 0 N–H and O–H groups in total. The van der Waals surface area contributed by atoms with Crippen molar-refractivity contribution in [3.8, 4) is 0 Å². The van der Waals surface area contributed by atoms with Crippen molar-refractivity contribution in [3.63, 3.8) is 0 Å². The lowest BCUT2D eigenvalue weighted by Crippen LogP contribution is -2.48. The zero-order valence-corrected chi connectivity index (χ0v) is 20.5. The molecule has 3 aromatic carbocycles. The third-order valence-electron chi connectivity index (χ3n) is 6.70. The predicted octanol–water partition coefficient (Wildman–Crippen LogP) is 6.95. The van der Waals surface area contributed by atoms with Crippen LogP contribution in [0.3, 0.4) is 0 Å². The molecule has 5 rings (SSSR count). The van der Waals surface area contributed by atoms with Crippen molar-refractivity contribution in [1.82, 2.24) is 4.90 Å². The minimum absolute atomic E-state index is 0.211. The van der Waals surface area contributed by atoms with Crippen LogP contribution in [0.15, 0.2) is 71.7 Å². The summed E-state index contributed by atoms with van der Waals surface area (Å²) in [5.74, 6) is 0. The summed E-state index contributed by atoms with van der Waals surface area (Å²) in [6.45, 7) is 6.83. The molecule has 2 aliphatic rings. The van der Waals surface area contributed by atoms with Gasteiger partial charge in [0.15, 0.2) is 0 Å². The maximum absolute atomic E-state index is 6.69. The van der Waals surface area contributed by atoms with Crippen LogP contribution >= 0.6 is 23.2 Å². The van der Waals surface area contributed by atoms with Crippen LogP contribution in [0.5, 0.6) is 0 Å². The van der Waals surface area contributed by atoms with Gasteiger partial charge in [0.2, 0.25) is 0 Å². The number of rotatable bonds is 5. The summed E-state index contributed by atoms with van der Waals surface area (Å²) in [6.07, 6.45) is 2.28. The van der Waals surface area contributed by atoms with Gasteiger partial charge in [0, 0.05) is 43.5 Å². The Morgan fingerprint density at radius 1 is 0.939 bits per heavy atom. The van der Waals surface area contributed by atoms with E-state index in [2.05, 4.69) is 76.3 Å². The fourth-order valence-corrected chi connectivity index (χ4v) is 5.39. The highest BCUT2D eigenvalue weighted by Crippen LogP contribution is 2.36. The molecule has 3 nitrogen and oxygen atoms in total. The summed E-state index contributed by atoms with van der Waals surface area (Å²) >= 11 is 12.9. The van der Waals surface area contributed by atoms with Gasteiger partial charge in [-0.15, -0.1) is 0 Å². The molecular formula is C28H29Cl2N3. The van der Waals surface area contributed by atoms with Gasteiger partial charge < -0.3 is 4.90 Å². The van der Waals surface area contributed by atoms with Crippen molar-refractivity contribution in [2.45, 2.75) is 32.4 Å². The number of anilines is 1. The average molecular weight is 478 g/mol. The highest BCUT2D eigenvalue weighted by atomic mass is 35.5. The molecule has 170 valence electrons. The Balaban J connectivity index is 1.36. The minimum atomic E-state index is 0.211. The van der Waals surface area contributed by atoms with Gasteiger partial charge in [-0.3, -0.25) is 9.89 Å². The number of halogens is 2. The SMILES string of the molecule is Cc1ccc(N2CCN(Cc3ccc(C4=NCCC4)cc3)C[C@H]2c2ccc(Cl)cc2)c(Cl)c1. The summed E-state index contributed by atoms with van der Waals surface area (Å²) < 4.78 is 0. The molecular weight excluding hydrogens is 449 g/mol. The van der Waals surface area contributed by atoms with E-state index >= 15 is 0 Å². The monoisotopic (exact) mass is 477 g/mol. The van der Waals surface area contributed by atoms with E-state index in [-0.39, 0.29) is 6.04 Å². The van der Waals surface area contributed by atoms with Crippen LogP contribution in [0.1, 0.15) is 41.1 Å². The zero-order chi connectivity index (χ0) is 22.8. The average Bonchev–Trinajstić information content (AvgIpc) is 3.36.